The summed E-state index contributed by atoms with van der Waals surface area (Å²) in [5.74, 6) is -0.688. The predicted octanol–water partition coefficient (Wildman–Crippen LogP) is 2.80. The molecule has 0 fully saturated rings. The first-order valence-corrected chi connectivity index (χ1v) is 10.3. The van der Waals surface area contributed by atoms with Gasteiger partial charge in [-0.1, -0.05) is 23.7 Å². The molecule has 1 unspecified atom stereocenters. The maximum Gasteiger partial charge on any atom is 0.243 e. The zero-order valence-corrected chi connectivity index (χ0v) is 17.3. The summed E-state index contributed by atoms with van der Waals surface area (Å²) in [7, 11) is -2.51. The minimum Gasteiger partial charge on any atom is -0.348 e. The minimum atomic E-state index is -3.85. The summed E-state index contributed by atoms with van der Waals surface area (Å²) < 4.78 is 26.3. The zero-order valence-electron chi connectivity index (χ0n) is 15.8. The summed E-state index contributed by atoms with van der Waals surface area (Å²) in [5, 5.41) is 5.88. The lowest BCUT2D eigenvalue weighted by atomic mass is 10.1. The van der Waals surface area contributed by atoms with E-state index in [1.807, 2.05) is 6.07 Å². The van der Waals surface area contributed by atoms with E-state index in [-0.39, 0.29) is 23.4 Å². The number of nitrogens with one attached hydrogen (secondary N) is 2. The van der Waals surface area contributed by atoms with E-state index in [0.29, 0.717) is 10.7 Å². The van der Waals surface area contributed by atoms with Gasteiger partial charge in [0, 0.05) is 24.7 Å². The Morgan fingerprint density at radius 1 is 1.14 bits per heavy atom. The Morgan fingerprint density at radius 2 is 1.79 bits per heavy atom. The Hall–Kier alpha value is -2.42. The standard InChI is InChI=1S/C19H22ClN3O4S/c1-13(15-5-4-6-16(20)11-15)21-19(25)12-23(3)28(26,27)18-9-7-17(8-10-18)22-14(2)24/h4-11,13H,12H2,1-3H3,(H,21,25)(H,22,24). The normalized spacial score (nSPS) is 12.5. The molecular weight excluding hydrogens is 402 g/mol. The van der Waals surface area contributed by atoms with Gasteiger partial charge in [0.25, 0.3) is 0 Å². The number of halogens is 1. The fourth-order valence-electron chi connectivity index (χ4n) is 2.53. The number of hydrogen-bond donors (Lipinski definition) is 2. The highest BCUT2D eigenvalue weighted by atomic mass is 35.5. The predicted molar refractivity (Wildman–Crippen MR) is 109 cm³/mol. The molecule has 0 radical (unpaired) electrons. The van der Waals surface area contributed by atoms with E-state index in [1.165, 1.54) is 38.2 Å². The molecule has 1 atom stereocenters. The molecule has 2 aromatic carbocycles. The summed E-state index contributed by atoms with van der Waals surface area (Å²) in [6.07, 6.45) is 0. The first-order chi connectivity index (χ1) is 13.1. The number of hydrogen-bond acceptors (Lipinski definition) is 4. The molecule has 0 saturated carbocycles. The van der Waals surface area contributed by atoms with Gasteiger partial charge in [0.15, 0.2) is 0 Å². The summed E-state index contributed by atoms with van der Waals surface area (Å²) in [6.45, 7) is 2.82. The minimum absolute atomic E-state index is 0.0276. The van der Waals surface area contributed by atoms with Crippen LogP contribution in [0.3, 0.4) is 0 Å². The van der Waals surface area contributed by atoms with Gasteiger partial charge in [0.1, 0.15) is 0 Å². The SMILES string of the molecule is CC(=O)Nc1ccc(S(=O)(=O)N(C)CC(=O)NC(C)c2cccc(Cl)c2)cc1. The fourth-order valence-corrected chi connectivity index (χ4v) is 3.85. The van der Waals surface area contributed by atoms with Gasteiger partial charge in [-0.3, -0.25) is 9.59 Å². The molecule has 0 aliphatic carbocycles. The van der Waals surface area contributed by atoms with Crippen LogP contribution in [0.25, 0.3) is 0 Å². The van der Waals surface area contributed by atoms with Crippen LogP contribution < -0.4 is 10.6 Å². The van der Waals surface area contributed by atoms with Crippen LogP contribution in [0.15, 0.2) is 53.4 Å². The molecule has 0 bridgehead atoms. The monoisotopic (exact) mass is 423 g/mol. The second-order valence-electron chi connectivity index (χ2n) is 6.31. The van der Waals surface area contributed by atoms with Gasteiger partial charge in [-0.2, -0.15) is 4.31 Å². The van der Waals surface area contributed by atoms with Gasteiger partial charge < -0.3 is 10.6 Å². The molecule has 0 aromatic heterocycles. The molecule has 150 valence electrons. The van der Waals surface area contributed by atoms with E-state index in [2.05, 4.69) is 10.6 Å². The van der Waals surface area contributed by atoms with E-state index in [1.54, 1.807) is 25.1 Å². The molecule has 0 aliphatic rings. The smallest absolute Gasteiger partial charge is 0.243 e. The largest absolute Gasteiger partial charge is 0.348 e. The van der Waals surface area contributed by atoms with Crippen LogP contribution in [0.2, 0.25) is 5.02 Å². The molecule has 0 saturated heterocycles. The van der Waals surface area contributed by atoms with Crippen molar-refractivity contribution in [1.29, 1.82) is 0 Å². The fraction of sp³-hybridized carbons (Fsp3) is 0.263. The van der Waals surface area contributed by atoms with E-state index in [9.17, 15) is 18.0 Å². The second kappa shape index (κ2) is 9.18. The summed E-state index contributed by atoms with van der Waals surface area (Å²) in [5.41, 5.74) is 1.31. The van der Waals surface area contributed by atoms with Crippen molar-refractivity contribution in [3.05, 3.63) is 59.1 Å². The number of benzene rings is 2. The maximum atomic E-state index is 12.6. The van der Waals surface area contributed by atoms with Gasteiger partial charge >= 0.3 is 0 Å². The highest BCUT2D eigenvalue weighted by molar-refractivity contribution is 7.89. The third kappa shape index (κ3) is 5.79. The van der Waals surface area contributed by atoms with Crippen LogP contribution in [-0.2, 0) is 19.6 Å². The third-order valence-electron chi connectivity index (χ3n) is 3.98. The number of sulfonamides is 1. The summed E-state index contributed by atoms with van der Waals surface area (Å²) in [4.78, 5) is 23.3. The van der Waals surface area contributed by atoms with Crippen molar-refractivity contribution in [3.63, 3.8) is 0 Å². The van der Waals surface area contributed by atoms with Crippen molar-refractivity contribution in [3.8, 4) is 0 Å². The van der Waals surface area contributed by atoms with Crippen LogP contribution in [0.4, 0.5) is 5.69 Å². The summed E-state index contributed by atoms with van der Waals surface area (Å²) in [6, 6.07) is 12.5. The average molecular weight is 424 g/mol. The molecule has 7 nitrogen and oxygen atoms in total. The quantitative estimate of drug-likeness (QED) is 0.715. The molecule has 0 spiro atoms. The molecule has 0 heterocycles. The molecule has 28 heavy (non-hydrogen) atoms. The number of rotatable bonds is 7. The molecule has 2 rings (SSSR count). The highest BCUT2D eigenvalue weighted by Gasteiger charge is 2.23. The number of carbonyl (C=O) groups is 2. The lowest BCUT2D eigenvalue weighted by molar-refractivity contribution is -0.121. The van der Waals surface area contributed by atoms with Gasteiger partial charge in [0.2, 0.25) is 21.8 Å². The maximum absolute atomic E-state index is 12.6. The lowest BCUT2D eigenvalue weighted by Crippen LogP contribution is -2.39. The Kier molecular flexibility index (Phi) is 7.17. The molecular formula is C19H22ClN3O4S. The van der Waals surface area contributed by atoms with E-state index < -0.39 is 15.9 Å². The van der Waals surface area contributed by atoms with Gasteiger partial charge in [-0.25, -0.2) is 8.42 Å². The number of nitrogens with zero attached hydrogens (tertiary/aromatic N) is 1. The number of amides is 2. The Bertz CT molecular complexity index is 961. The van der Waals surface area contributed by atoms with Crippen LogP contribution in [0.5, 0.6) is 0 Å². The van der Waals surface area contributed by atoms with Crippen molar-refractivity contribution in [2.75, 3.05) is 18.9 Å². The highest BCUT2D eigenvalue weighted by Crippen LogP contribution is 2.19. The lowest BCUT2D eigenvalue weighted by Gasteiger charge is -2.19. The van der Waals surface area contributed by atoms with Crippen LogP contribution in [0, 0.1) is 0 Å². The van der Waals surface area contributed by atoms with E-state index >= 15 is 0 Å². The first-order valence-electron chi connectivity index (χ1n) is 8.48. The van der Waals surface area contributed by atoms with Crippen molar-refractivity contribution in [2.24, 2.45) is 0 Å². The second-order valence-corrected chi connectivity index (χ2v) is 8.79. The number of anilines is 1. The van der Waals surface area contributed by atoms with Gasteiger partial charge in [-0.15, -0.1) is 0 Å². The molecule has 2 aromatic rings. The van der Waals surface area contributed by atoms with Gasteiger partial charge in [-0.05, 0) is 48.9 Å². The number of carbonyl (C=O) groups excluding carboxylic acids is 2. The van der Waals surface area contributed by atoms with E-state index in [0.717, 1.165) is 9.87 Å². The van der Waals surface area contributed by atoms with E-state index in [4.69, 9.17) is 11.6 Å². The summed E-state index contributed by atoms with van der Waals surface area (Å²) >= 11 is 5.95. The van der Waals surface area contributed by atoms with Crippen molar-refractivity contribution in [2.45, 2.75) is 24.8 Å². The van der Waals surface area contributed by atoms with Crippen LogP contribution in [-0.4, -0.2) is 38.1 Å². The average Bonchev–Trinajstić information content (AvgIpc) is 2.61. The molecule has 2 N–H and O–H groups in total. The Balaban J connectivity index is 2.02. The van der Waals surface area contributed by atoms with Crippen molar-refractivity contribution >= 4 is 39.1 Å². The van der Waals surface area contributed by atoms with Crippen LogP contribution >= 0.6 is 11.6 Å². The molecule has 2 amide bonds. The first kappa shape index (κ1) is 21.9. The number of likely N-dealkylation sites (N-methyl/N-ethyl adjacent to an activating group) is 1. The zero-order chi connectivity index (χ0) is 20.9. The topological polar surface area (TPSA) is 95.6 Å². The van der Waals surface area contributed by atoms with Crippen molar-refractivity contribution < 1.29 is 18.0 Å². The Labute approximate surface area is 169 Å². The molecule has 0 aliphatic heterocycles. The Morgan fingerprint density at radius 3 is 2.36 bits per heavy atom. The van der Waals surface area contributed by atoms with Crippen LogP contribution in [0.1, 0.15) is 25.5 Å². The molecule has 9 heteroatoms. The van der Waals surface area contributed by atoms with Gasteiger partial charge in [0.05, 0.1) is 17.5 Å². The van der Waals surface area contributed by atoms with Crippen molar-refractivity contribution in [1.82, 2.24) is 9.62 Å². The third-order valence-corrected chi connectivity index (χ3v) is 6.03.